The van der Waals surface area contributed by atoms with Crippen molar-refractivity contribution in [2.75, 3.05) is 43.2 Å². The zero-order valence-corrected chi connectivity index (χ0v) is 19.0. The second-order valence-corrected chi connectivity index (χ2v) is 8.68. The molecular formula is C24H27N5O5. The molecule has 2 aromatic rings. The summed E-state index contributed by atoms with van der Waals surface area (Å²) in [6, 6.07) is 8.76. The van der Waals surface area contributed by atoms with Crippen LogP contribution < -0.4 is 25.2 Å². The van der Waals surface area contributed by atoms with Gasteiger partial charge in [-0.05, 0) is 55.5 Å². The fourth-order valence-electron chi connectivity index (χ4n) is 5.04. The predicted molar refractivity (Wildman–Crippen MR) is 124 cm³/mol. The Kier molecular flexibility index (Phi) is 5.82. The summed E-state index contributed by atoms with van der Waals surface area (Å²) in [6.07, 6.45) is 4.51. The molecule has 0 bridgehead atoms. The van der Waals surface area contributed by atoms with Crippen molar-refractivity contribution >= 4 is 29.2 Å². The Morgan fingerprint density at radius 1 is 1.09 bits per heavy atom. The predicted octanol–water partition coefficient (Wildman–Crippen LogP) is 1.98. The van der Waals surface area contributed by atoms with Gasteiger partial charge in [-0.3, -0.25) is 20.2 Å². The van der Waals surface area contributed by atoms with Crippen LogP contribution in [0.1, 0.15) is 24.8 Å². The van der Waals surface area contributed by atoms with Crippen LogP contribution in [-0.2, 0) is 20.7 Å². The molecule has 0 radical (unpaired) electrons. The molecule has 1 aromatic heterocycles. The average molecular weight is 466 g/mol. The van der Waals surface area contributed by atoms with E-state index in [-0.39, 0.29) is 0 Å². The van der Waals surface area contributed by atoms with Crippen LogP contribution in [0.25, 0.3) is 0 Å². The number of nitrogens with one attached hydrogen (secondary N) is 2. The van der Waals surface area contributed by atoms with Crippen molar-refractivity contribution in [1.29, 1.82) is 0 Å². The van der Waals surface area contributed by atoms with Crippen LogP contribution in [0.15, 0.2) is 36.5 Å². The van der Waals surface area contributed by atoms with Crippen LogP contribution in [0, 0.1) is 0 Å². The number of imide groups is 2. The minimum Gasteiger partial charge on any atom is -0.439 e. The lowest BCUT2D eigenvalue weighted by molar-refractivity contribution is -0.137. The fourth-order valence-corrected chi connectivity index (χ4v) is 5.04. The van der Waals surface area contributed by atoms with Gasteiger partial charge in [0.15, 0.2) is 5.54 Å². The molecule has 2 N–H and O–H groups in total. The lowest BCUT2D eigenvalue weighted by atomic mass is 9.92. The summed E-state index contributed by atoms with van der Waals surface area (Å²) in [4.78, 5) is 45.2. The molecule has 2 saturated heterocycles. The van der Waals surface area contributed by atoms with Crippen LogP contribution in [0.3, 0.4) is 0 Å². The van der Waals surface area contributed by atoms with Gasteiger partial charge < -0.3 is 19.3 Å². The highest BCUT2D eigenvalue weighted by Crippen LogP contribution is 2.37. The number of urea groups is 1. The van der Waals surface area contributed by atoms with E-state index in [0.29, 0.717) is 36.7 Å². The number of nitrogens with zero attached hydrogens (tertiary/aromatic N) is 3. The molecule has 5 rings (SSSR count). The third kappa shape index (κ3) is 3.83. The van der Waals surface area contributed by atoms with Crippen molar-refractivity contribution in [1.82, 2.24) is 15.6 Å². The smallest absolute Gasteiger partial charge is 0.328 e. The van der Waals surface area contributed by atoms with Gasteiger partial charge in [-0.15, -0.1) is 0 Å². The van der Waals surface area contributed by atoms with Gasteiger partial charge in [0.25, 0.3) is 11.8 Å². The number of rotatable bonds is 7. The number of methoxy groups -OCH3 is 1. The second kappa shape index (κ2) is 8.94. The van der Waals surface area contributed by atoms with Crippen LogP contribution in [-0.4, -0.2) is 61.7 Å². The first-order valence-corrected chi connectivity index (χ1v) is 11.5. The number of barbiturate groups is 1. The number of carbonyl (C=O) groups excluding carboxylic acids is 3. The summed E-state index contributed by atoms with van der Waals surface area (Å²) in [7, 11) is 1.72. The van der Waals surface area contributed by atoms with Crippen molar-refractivity contribution in [3.8, 4) is 11.6 Å². The Bertz CT molecular complexity index is 1100. The van der Waals surface area contributed by atoms with Gasteiger partial charge in [-0.2, -0.15) is 0 Å². The average Bonchev–Trinajstić information content (AvgIpc) is 3.44. The molecular weight excluding hydrogens is 438 g/mol. The van der Waals surface area contributed by atoms with E-state index in [4.69, 9.17) is 9.47 Å². The van der Waals surface area contributed by atoms with Crippen molar-refractivity contribution in [3.63, 3.8) is 0 Å². The monoisotopic (exact) mass is 465 g/mol. The Morgan fingerprint density at radius 3 is 2.65 bits per heavy atom. The highest BCUT2D eigenvalue weighted by atomic mass is 16.5. The van der Waals surface area contributed by atoms with E-state index < -0.39 is 23.4 Å². The Labute approximate surface area is 197 Å². The van der Waals surface area contributed by atoms with Crippen molar-refractivity contribution in [3.05, 3.63) is 42.1 Å². The molecule has 178 valence electrons. The number of ether oxygens (including phenoxy) is 2. The maximum Gasteiger partial charge on any atom is 0.328 e. The number of hydrogen-bond donors (Lipinski definition) is 2. The number of benzene rings is 1. The quantitative estimate of drug-likeness (QED) is 0.472. The number of aromatic nitrogens is 1. The maximum atomic E-state index is 12.6. The van der Waals surface area contributed by atoms with Gasteiger partial charge in [0.2, 0.25) is 5.88 Å². The maximum absolute atomic E-state index is 12.6. The molecule has 2 fully saturated rings. The molecule has 1 spiro atoms. The van der Waals surface area contributed by atoms with E-state index in [2.05, 4.69) is 26.6 Å². The molecule has 34 heavy (non-hydrogen) atoms. The Hall–Kier alpha value is -3.66. The number of anilines is 2. The molecule has 0 unspecified atom stereocenters. The van der Waals surface area contributed by atoms with Crippen LogP contribution in [0.4, 0.5) is 16.2 Å². The lowest BCUT2D eigenvalue weighted by Crippen LogP contribution is -2.71. The zero-order chi connectivity index (χ0) is 23.7. The number of hydrogen-bond acceptors (Lipinski definition) is 8. The molecule has 10 heteroatoms. The molecule has 3 aliphatic rings. The van der Waals surface area contributed by atoms with E-state index in [1.807, 2.05) is 12.1 Å². The number of carbonyl (C=O) groups is 3. The first kappa shape index (κ1) is 22.1. The van der Waals surface area contributed by atoms with E-state index in [1.54, 1.807) is 30.3 Å². The highest BCUT2D eigenvalue weighted by molar-refractivity contribution is 6.24. The van der Waals surface area contributed by atoms with Gasteiger partial charge >= 0.3 is 6.03 Å². The SMILES string of the molecule is COCCCN1CCc2cc(Oc3ccc(N4CCCC45C(=O)NC(=O)NC5=O)cn3)ccc21. The molecule has 3 aliphatic heterocycles. The highest BCUT2D eigenvalue weighted by Gasteiger charge is 2.57. The van der Waals surface area contributed by atoms with E-state index in [1.165, 1.54) is 11.3 Å². The first-order valence-electron chi connectivity index (χ1n) is 11.5. The first-order chi connectivity index (χ1) is 16.5. The molecule has 4 heterocycles. The molecule has 0 aliphatic carbocycles. The van der Waals surface area contributed by atoms with Crippen LogP contribution in [0.5, 0.6) is 11.6 Å². The minimum atomic E-state index is -1.44. The topological polar surface area (TPSA) is 113 Å². The van der Waals surface area contributed by atoms with Gasteiger partial charge in [0.05, 0.1) is 11.9 Å². The van der Waals surface area contributed by atoms with E-state index >= 15 is 0 Å². The van der Waals surface area contributed by atoms with Gasteiger partial charge in [-0.25, -0.2) is 9.78 Å². The molecule has 4 amide bonds. The molecule has 0 atom stereocenters. The summed E-state index contributed by atoms with van der Waals surface area (Å²) in [5, 5.41) is 4.44. The summed E-state index contributed by atoms with van der Waals surface area (Å²) >= 11 is 0. The Balaban J connectivity index is 1.29. The lowest BCUT2D eigenvalue weighted by Gasteiger charge is -2.38. The van der Waals surface area contributed by atoms with Crippen LogP contribution in [0.2, 0.25) is 0 Å². The number of fused-ring (bicyclic) bond motifs is 1. The summed E-state index contributed by atoms with van der Waals surface area (Å²) in [5.74, 6) is -0.0819. The van der Waals surface area contributed by atoms with Gasteiger partial charge in [0, 0.05) is 45.1 Å². The standard InChI is InChI=1S/C24H27N5O5/c1-33-13-3-10-28-12-8-16-14-18(5-6-19(16)28)34-20-7-4-17(15-25-20)29-11-2-9-24(29)21(30)26-23(32)27-22(24)31/h4-7,14-15H,2-3,8-13H2,1H3,(H2,26,27,30,31,32). The second-order valence-electron chi connectivity index (χ2n) is 8.68. The third-order valence-electron chi connectivity index (χ3n) is 6.66. The van der Waals surface area contributed by atoms with Crippen molar-refractivity contribution in [2.45, 2.75) is 31.2 Å². The molecule has 0 saturated carbocycles. The number of pyridine rings is 1. The largest absolute Gasteiger partial charge is 0.439 e. The molecule has 10 nitrogen and oxygen atoms in total. The van der Waals surface area contributed by atoms with Crippen molar-refractivity contribution < 1.29 is 23.9 Å². The van der Waals surface area contributed by atoms with Crippen molar-refractivity contribution in [2.24, 2.45) is 0 Å². The third-order valence-corrected chi connectivity index (χ3v) is 6.66. The van der Waals surface area contributed by atoms with Crippen LogP contribution >= 0.6 is 0 Å². The fraction of sp³-hybridized carbons (Fsp3) is 0.417. The summed E-state index contributed by atoms with van der Waals surface area (Å²) in [6.45, 7) is 3.20. The zero-order valence-electron chi connectivity index (χ0n) is 19.0. The summed E-state index contributed by atoms with van der Waals surface area (Å²) < 4.78 is 11.1. The Morgan fingerprint density at radius 2 is 1.91 bits per heavy atom. The molecule has 1 aromatic carbocycles. The van der Waals surface area contributed by atoms with Gasteiger partial charge in [-0.1, -0.05) is 0 Å². The van der Waals surface area contributed by atoms with Gasteiger partial charge in [0.1, 0.15) is 5.75 Å². The van der Waals surface area contributed by atoms with E-state index in [9.17, 15) is 14.4 Å². The van der Waals surface area contributed by atoms with E-state index in [0.717, 1.165) is 32.5 Å². The summed E-state index contributed by atoms with van der Waals surface area (Å²) in [5.41, 5.74) is 1.65. The normalized spacial score (nSPS) is 18.8. The number of amides is 4. The minimum absolute atomic E-state index is 0.327.